The molecule has 0 aliphatic carbocycles. The molecule has 0 radical (unpaired) electrons. The Morgan fingerprint density at radius 2 is 1.84 bits per heavy atom. The van der Waals surface area contributed by atoms with Gasteiger partial charge in [-0.25, -0.2) is 0 Å². The van der Waals surface area contributed by atoms with Crippen LogP contribution in [0.25, 0.3) is 0 Å². The highest BCUT2D eigenvalue weighted by atomic mass is 16.4. The van der Waals surface area contributed by atoms with Crippen molar-refractivity contribution >= 4 is 17.8 Å². The van der Waals surface area contributed by atoms with Crippen LogP contribution in [0.2, 0.25) is 0 Å². The molecule has 1 rings (SSSR count). The minimum Gasteiger partial charge on any atom is -0.481 e. The lowest BCUT2D eigenvalue weighted by Gasteiger charge is -2.34. The Morgan fingerprint density at radius 1 is 1.21 bits per heavy atom. The van der Waals surface area contributed by atoms with E-state index in [4.69, 9.17) is 10.2 Å². The Labute approximate surface area is 111 Å². The zero-order valence-corrected chi connectivity index (χ0v) is 11.0. The van der Waals surface area contributed by atoms with Crippen molar-refractivity contribution in [3.63, 3.8) is 0 Å². The van der Waals surface area contributed by atoms with E-state index in [9.17, 15) is 14.4 Å². The van der Waals surface area contributed by atoms with Gasteiger partial charge in [0.15, 0.2) is 0 Å². The molecule has 2 unspecified atom stereocenters. The Morgan fingerprint density at radius 3 is 2.37 bits per heavy atom. The first-order valence-corrected chi connectivity index (χ1v) is 6.41. The molecule has 1 saturated heterocycles. The molecule has 3 N–H and O–H groups in total. The molecule has 1 amide bonds. The number of carboxylic acid groups (broad SMARTS) is 2. The maximum absolute atomic E-state index is 11.8. The molecule has 1 aliphatic rings. The van der Waals surface area contributed by atoms with E-state index in [1.54, 1.807) is 0 Å². The Hall–Kier alpha value is -1.63. The monoisotopic (exact) mass is 272 g/mol. The van der Waals surface area contributed by atoms with Gasteiger partial charge in [0, 0.05) is 13.1 Å². The zero-order chi connectivity index (χ0) is 14.4. The number of aliphatic carboxylic acids is 2. The lowest BCUT2D eigenvalue weighted by atomic mass is 9.85. The lowest BCUT2D eigenvalue weighted by Crippen LogP contribution is -2.50. The zero-order valence-electron chi connectivity index (χ0n) is 11.0. The fraction of sp³-hybridized carbons (Fsp3) is 0.750. The highest BCUT2D eigenvalue weighted by molar-refractivity contribution is 5.83. The average Bonchev–Trinajstić information content (AvgIpc) is 2.38. The van der Waals surface area contributed by atoms with E-state index in [1.807, 2.05) is 6.92 Å². The van der Waals surface area contributed by atoms with Gasteiger partial charge in [0.1, 0.15) is 0 Å². The smallest absolute Gasteiger partial charge is 0.309 e. The van der Waals surface area contributed by atoms with E-state index in [2.05, 4.69) is 5.32 Å². The Bertz CT molecular complexity index is 358. The minimum atomic E-state index is -1.16. The van der Waals surface area contributed by atoms with Crippen molar-refractivity contribution < 1.29 is 24.6 Å². The summed E-state index contributed by atoms with van der Waals surface area (Å²) >= 11 is 0. The number of nitrogens with zero attached hydrogens (tertiary/aromatic N) is 1. The van der Waals surface area contributed by atoms with Crippen molar-refractivity contribution in [1.82, 2.24) is 10.2 Å². The maximum atomic E-state index is 11.8. The standard InChI is InChI=1S/C12H20N2O5/c1-2-4-13-6-10(15)14-5-3-8(11(16)17)9(7-14)12(18)19/h8-9,13H,2-7H2,1H3,(H,16,17)(H,18,19). The van der Waals surface area contributed by atoms with Crippen LogP contribution in [0, 0.1) is 11.8 Å². The van der Waals surface area contributed by atoms with Crippen LogP contribution in [-0.4, -0.2) is 59.1 Å². The van der Waals surface area contributed by atoms with Gasteiger partial charge < -0.3 is 20.4 Å². The summed E-state index contributed by atoms with van der Waals surface area (Å²) in [4.78, 5) is 35.3. The van der Waals surface area contributed by atoms with Gasteiger partial charge in [-0.2, -0.15) is 0 Å². The van der Waals surface area contributed by atoms with Gasteiger partial charge in [-0.1, -0.05) is 6.92 Å². The van der Waals surface area contributed by atoms with E-state index >= 15 is 0 Å². The summed E-state index contributed by atoms with van der Waals surface area (Å²) in [6.07, 6.45) is 1.10. The van der Waals surface area contributed by atoms with Gasteiger partial charge in [0.05, 0.1) is 18.4 Å². The molecule has 0 spiro atoms. The molecule has 7 heteroatoms. The van der Waals surface area contributed by atoms with Crippen LogP contribution in [0.5, 0.6) is 0 Å². The van der Waals surface area contributed by atoms with Gasteiger partial charge in [0.25, 0.3) is 0 Å². The van der Waals surface area contributed by atoms with Gasteiger partial charge in [-0.3, -0.25) is 14.4 Å². The second-order valence-electron chi connectivity index (χ2n) is 4.69. The van der Waals surface area contributed by atoms with Crippen molar-refractivity contribution in [3.8, 4) is 0 Å². The van der Waals surface area contributed by atoms with Crippen molar-refractivity contribution in [2.75, 3.05) is 26.2 Å². The fourth-order valence-corrected chi connectivity index (χ4v) is 2.21. The normalized spacial score (nSPS) is 23.1. The predicted octanol–water partition coefficient (Wildman–Crippen LogP) is -0.380. The fourth-order valence-electron chi connectivity index (χ4n) is 2.21. The highest BCUT2D eigenvalue weighted by Gasteiger charge is 2.39. The molecule has 0 aromatic rings. The van der Waals surface area contributed by atoms with E-state index in [-0.39, 0.29) is 25.4 Å². The van der Waals surface area contributed by atoms with Crippen LogP contribution >= 0.6 is 0 Å². The summed E-state index contributed by atoms with van der Waals surface area (Å²) in [6.45, 7) is 3.14. The number of likely N-dealkylation sites (tertiary alicyclic amines) is 1. The largest absolute Gasteiger partial charge is 0.481 e. The molecule has 19 heavy (non-hydrogen) atoms. The number of carboxylic acids is 2. The first-order chi connectivity index (χ1) is 8.97. The van der Waals surface area contributed by atoms with Crippen molar-refractivity contribution in [1.29, 1.82) is 0 Å². The van der Waals surface area contributed by atoms with E-state index in [0.29, 0.717) is 6.54 Å². The maximum Gasteiger partial charge on any atom is 0.309 e. The summed E-state index contributed by atoms with van der Waals surface area (Å²) in [5.41, 5.74) is 0. The molecule has 0 saturated carbocycles. The third-order valence-corrected chi connectivity index (χ3v) is 3.30. The Kier molecular flexibility index (Phi) is 5.75. The van der Waals surface area contributed by atoms with Crippen molar-refractivity contribution in [3.05, 3.63) is 0 Å². The molecule has 1 heterocycles. The van der Waals surface area contributed by atoms with Crippen LogP contribution in [-0.2, 0) is 14.4 Å². The van der Waals surface area contributed by atoms with Crippen LogP contribution in [0.15, 0.2) is 0 Å². The van der Waals surface area contributed by atoms with E-state index in [0.717, 1.165) is 13.0 Å². The Balaban J connectivity index is 2.58. The molecular formula is C12H20N2O5. The number of hydrogen-bond acceptors (Lipinski definition) is 4. The van der Waals surface area contributed by atoms with E-state index in [1.165, 1.54) is 4.90 Å². The number of piperidine rings is 1. The minimum absolute atomic E-state index is 0.0288. The van der Waals surface area contributed by atoms with Crippen molar-refractivity contribution in [2.24, 2.45) is 11.8 Å². The molecule has 2 atom stereocenters. The molecule has 1 aliphatic heterocycles. The lowest BCUT2D eigenvalue weighted by molar-refractivity contribution is -0.159. The number of hydrogen-bond donors (Lipinski definition) is 3. The van der Waals surface area contributed by atoms with E-state index < -0.39 is 23.8 Å². The highest BCUT2D eigenvalue weighted by Crippen LogP contribution is 2.24. The van der Waals surface area contributed by atoms with Crippen LogP contribution < -0.4 is 5.32 Å². The first-order valence-electron chi connectivity index (χ1n) is 6.41. The third-order valence-electron chi connectivity index (χ3n) is 3.30. The first kappa shape index (κ1) is 15.4. The van der Waals surface area contributed by atoms with Gasteiger partial charge in [0.2, 0.25) is 5.91 Å². The number of rotatable bonds is 6. The molecular weight excluding hydrogens is 252 g/mol. The van der Waals surface area contributed by atoms with Gasteiger partial charge in [-0.15, -0.1) is 0 Å². The molecule has 0 aromatic heterocycles. The number of amides is 1. The topological polar surface area (TPSA) is 107 Å². The quantitative estimate of drug-likeness (QED) is 0.569. The molecule has 7 nitrogen and oxygen atoms in total. The number of nitrogens with one attached hydrogen (secondary N) is 1. The molecule has 0 bridgehead atoms. The van der Waals surface area contributed by atoms with Crippen molar-refractivity contribution in [2.45, 2.75) is 19.8 Å². The summed E-state index contributed by atoms with van der Waals surface area (Å²) in [6, 6.07) is 0. The van der Waals surface area contributed by atoms with Gasteiger partial charge >= 0.3 is 11.9 Å². The second-order valence-corrected chi connectivity index (χ2v) is 4.69. The summed E-state index contributed by atoms with van der Waals surface area (Å²) in [7, 11) is 0. The molecule has 108 valence electrons. The summed E-state index contributed by atoms with van der Waals surface area (Å²) < 4.78 is 0. The number of carbonyl (C=O) groups excluding carboxylic acids is 1. The SMILES string of the molecule is CCCNCC(=O)N1CCC(C(=O)O)C(C(=O)O)C1. The van der Waals surface area contributed by atoms with Crippen LogP contribution in [0.4, 0.5) is 0 Å². The summed E-state index contributed by atoms with van der Waals surface area (Å²) in [5, 5.41) is 21.0. The molecule has 0 aromatic carbocycles. The molecule has 1 fully saturated rings. The third kappa shape index (κ3) is 4.20. The second kappa shape index (κ2) is 7.08. The van der Waals surface area contributed by atoms with Crippen LogP contribution in [0.3, 0.4) is 0 Å². The van der Waals surface area contributed by atoms with Gasteiger partial charge in [-0.05, 0) is 19.4 Å². The number of carbonyl (C=O) groups is 3. The average molecular weight is 272 g/mol. The predicted molar refractivity (Wildman–Crippen MR) is 66.6 cm³/mol. The summed E-state index contributed by atoms with van der Waals surface area (Å²) in [5.74, 6) is -4.38. The van der Waals surface area contributed by atoms with Crippen LogP contribution in [0.1, 0.15) is 19.8 Å².